The Hall–Kier alpha value is -2.87. The fraction of sp³-hybridized carbons (Fsp3) is 0.240. The number of rotatable bonds is 7. The molecule has 4 aromatic rings. The molecule has 0 unspecified atom stereocenters. The molecule has 2 aromatic heterocycles. The highest BCUT2D eigenvalue weighted by atomic mass is 35.5. The van der Waals surface area contributed by atoms with Crippen molar-refractivity contribution in [1.82, 2.24) is 10.1 Å². The van der Waals surface area contributed by atoms with Gasteiger partial charge in [0.1, 0.15) is 33.7 Å². The number of aromatic carboxylic acids is 1. The average Bonchev–Trinajstić information content (AvgIpc) is 3.36. The molecule has 0 radical (unpaired) electrons. The summed E-state index contributed by atoms with van der Waals surface area (Å²) in [4.78, 5) is 16.0. The van der Waals surface area contributed by atoms with Gasteiger partial charge < -0.3 is 14.4 Å². The third kappa shape index (κ3) is 4.69. The molecule has 0 aliphatic heterocycles. The molecule has 1 N–H and O–H groups in total. The summed E-state index contributed by atoms with van der Waals surface area (Å²) in [6, 6.07) is 10.9. The van der Waals surface area contributed by atoms with Crippen molar-refractivity contribution in [3.8, 4) is 27.6 Å². The molecule has 2 aromatic carbocycles. The number of thiazole rings is 1. The van der Waals surface area contributed by atoms with Crippen LogP contribution in [0.4, 0.5) is 0 Å². The lowest BCUT2D eigenvalue weighted by Gasteiger charge is -2.12. The molecule has 34 heavy (non-hydrogen) atoms. The van der Waals surface area contributed by atoms with Crippen LogP contribution in [0.3, 0.4) is 0 Å². The number of carbonyl (C=O) groups is 1. The monoisotopic (exact) mass is 516 g/mol. The smallest absolute Gasteiger partial charge is 0.347 e. The van der Waals surface area contributed by atoms with E-state index in [1.807, 2.05) is 39.0 Å². The first-order chi connectivity index (χ1) is 16.2. The Kier molecular flexibility index (Phi) is 6.98. The first-order valence-corrected chi connectivity index (χ1v) is 12.1. The van der Waals surface area contributed by atoms with Gasteiger partial charge in [0.15, 0.2) is 0 Å². The Morgan fingerprint density at radius 1 is 1.18 bits per heavy atom. The lowest BCUT2D eigenvalue weighted by Crippen LogP contribution is -2.01. The number of aromatic nitrogens is 2. The second-order valence-electron chi connectivity index (χ2n) is 8.13. The molecule has 0 saturated heterocycles. The van der Waals surface area contributed by atoms with Gasteiger partial charge in [-0.2, -0.15) is 0 Å². The first-order valence-electron chi connectivity index (χ1n) is 10.5. The average molecular weight is 517 g/mol. The number of carboxylic acids is 1. The highest BCUT2D eigenvalue weighted by molar-refractivity contribution is 7.17. The molecule has 0 atom stereocenters. The number of benzene rings is 2. The summed E-state index contributed by atoms with van der Waals surface area (Å²) in [6.45, 7) is 7.88. The van der Waals surface area contributed by atoms with E-state index in [0.29, 0.717) is 43.5 Å². The van der Waals surface area contributed by atoms with Gasteiger partial charge >= 0.3 is 5.97 Å². The van der Waals surface area contributed by atoms with E-state index in [4.69, 9.17) is 32.5 Å². The molecule has 0 bridgehead atoms. The second kappa shape index (κ2) is 9.78. The number of hydrogen-bond acceptors (Lipinski definition) is 6. The summed E-state index contributed by atoms with van der Waals surface area (Å²) in [5, 5.41) is 15.2. The lowest BCUT2D eigenvalue weighted by atomic mass is 10.0. The molecular weight excluding hydrogens is 495 g/mol. The molecule has 0 spiro atoms. The maximum absolute atomic E-state index is 11.4. The van der Waals surface area contributed by atoms with Crippen LogP contribution in [0, 0.1) is 13.8 Å². The Balaban J connectivity index is 1.63. The molecule has 2 heterocycles. The van der Waals surface area contributed by atoms with Crippen LogP contribution in [0.1, 0.15) is 52.0 Å². The molecule has 0 amide bonds. The quantitative estimate of drug-likeness (QED) is 0.269. The highest BCUT2D eigenvalue weighted by Gasteiger charge is 2.24. The number of ether oxygens (including phenoxy) is 1. The zero-order chi connectivity index (χ0) is 24.6. The first kappa shape index (κ1) is 24.3. The van der Waals surface area contributed by atoms with Crippen molar-refractivity contribution in [2.75, 3.05) is 0 Å². The summed E-state index contributed by atoms with van der Waals surface area (Å²) in [5.41, 5.74) is 4.25. The highest BCUT2D eigenvalue weighted by Crippen LogP contribution is 2.39. The van der Waals surface area contributed by atoms with Gasteiger partial charge in [-0.05, 0) is 49.7 Å². The van der Waals surface area contributed by atoms with E-state index in [1.165, 1.54) is 0 Å². The minimum Gasteiger partial charge on any atom is -0.489 e. The maximum atomic E-state index is 11.4. The number of hydrogen-bond donors (Lipinski definition) is 1. The van der Waals surface area contributed by atoms with Crippen molar-refractivity contribution in [2.24, 2.45) is 0 Å². The molecule has 0 aliphatic carbocycles. The van der Waals surface area contributed by atoms with E-state index < -0.39 is 5.97 Å². The van der Waals surface area contributed by atoms with Crippen molar-refractivity contribution in [3.05, 3.63) is 73.9 Å². The predicted octanol–water partition coefficient (Wildman–Crippen LogP) is 7.79. The minimum absolute atomic E-state index is 0.0850. The number of nitrogens with zero attached hydrogens (tertiary/aromatic N) is 2. The van der Waals surface area contributed by atoms with Gasteiger partial charge in [-0.15, -0.1) is 11.3 Å². The van der Waals surface area contributed by atoms with E-state index in [-0.39, 0.29) is 17.4 Å². The van der Waals surface area contributed by atoms with Crippen LogP contribution in [-0.2, 0) is 6.61 Å². The molecular formula is C25H22Cl2N2O4S. The van der Waals surface area contributed by atoms with E-state index in [9.17, 15) is 9.90 Å². The topological polar surface area (TPSA) is 85.5 Å². The van der Waals surface area contributed by atoms with Gasteiger partial charge in [0.2, 0.25) is 0 Å². The van der Waals surface area contributed by atoms with Crippen molar-refractivity contribution >= 4 is 40.5 Å². The van der Waals surface area contributed by atoms with Crippen LogP contribution in [0.5, 0.6) is 5.75 Å². The number of halogens is 2. The Bertz CT molecular complexity index is 1360. The van der Waals surface area contributed by atoms with Gasteiger partial charge in [-0.3, -0.25) is 0 Å². The standard InChI is InChI=1S/C25H22Cl2N2O4S/c1-12(2)22-17(21(29-33-22)20-18(26)6-5-7-19(20)27)11-32-15-8-9-16(13(3)10-15)24-28-14(4)23(34-24)25(30)31/h5-10,12H,11H2,1-4H3,(H,30,31). The minimum atomic E-state index is -0.969. The Morgan fingerprint density at radius 2 is 1.88 bits per heavy atom. The third-order valence-electron chi connectivity index (χ3n) is 5.34. The van der Waals surface area contributed by atoms with Crippen LogP contribution in [0.2, 0.25) is 10.0 Å². The van der Waals surface area contributed by atoms with Crippen LogP contribution in [-0.4, -0.2) is 21.2 Å². The fourth-order valence-electron chi connectivity index (χ4n) is 3.67. The lowest BCUT2D eigenvalue weighted by molar-refractivity contribution is 0.0701. The van der Waals surface area contributed by atoms with E-state index in [1.54, 1.807) is 25.1 Å². The Morgan fingerprint density at radius 3 is 2.47 bits per heavy atom. The van der Waals surface area contributed by atoms with Crippen LogP contribution in [0.25, 0.3) is 21.8 Å². The molecule has 0 saturated carbocycles. The molecule has 0 aliphatic rings. The molecule has 4 rings (SSSR count). The maximum Gasteiger partial charge on any atom is 0.347 e. The van der Waals surface area contributed by atoms with Gasteiger partial charge in [-0.25, -0.2) is 9.78 Å². The molecule has 176 valence electrons. The van der Waals surface area contributed by atoms with Crippen LogP contribution < -0.4 is 4.74 Å². The van der Waals surface area contributed by atoms with Gasteiger partial charge in [-0.1, -0.05) is 48.3 Å². The van der Waals surface area contributed by atoms with Crippen LogP contribution >= 0.6 is 34.5 Å². The van der Waals surface area contributed by atoms with E-state index in [2.05, 4.69) is 10.1 Å². The van der Waals surface area contributed by atoms with E-state index >= 15 is 0 Å². The zero-order valence-corrected chi connectivity index (χ0v) is 21.3. The molecule has 6 nitrogen and oxygen atoms in total. The normalized spacial score (nSPS) is 11.3. The second-order valence-corrected chi connectivity index (χ2v) is 9.94. The van der Waals surface area contributed by atoms with Gasteiger partial charge in [0.05, 0.1) is 21.3 Å². The zero-order valence-electron chi connectivity index (χ0n) is 19.0. The fourth-order valence-corrected chi connectivity index (χ4v) is 5.24. The van der Waals surface area contributed by atoms with E-state index in [0.717, 1.165) is 28.0 Å². The molecule has 0 fully saturated rings. The van der Waals surface area contributed by atoms with Crippen molar-refractivity contribution in [3.63, 3.8) is 0 Å². The summed E-state index contributed by atoms with van der Waals surface area (Å²) in [7, 11) is 0. The third-order valence-corrected chi connectivity index (χ3v) is 7.15. The largest absolute Gasteiger partial charge is 0.489 e. The number of aryl methyl sites for hydroxylation is 2. The SMILES string of the molecule is Cc1cc(OCc2c(-c3c(Cl)cccc3Cl)noc2C(C)C)ccc1-c1nc(C)c(C(=O)O)s1. The van der Waals surface area contributed by atoms with Gasteiger partial charge in [0, 0.05) is 17.0 Å². The summed E-state index contributed by atoms with van der Waals surface area (Å²) < 4.78 is 11.8. The van der Waals surface area contributed by atoms with Crippen molar-refractivity contribution in [2.45, 2.75) is 40.2 Å². The molecule has 9 heteroatoms. The van der Waals surface area contributed by atoms with Crippen molar-refractivity contribution < 1.29 is 19.2 Å². The predicted molar refractivity (Wildman–Crippen MR) is 134 cm³/mol. The summed E-state index contributed by atoms with van der Waals surface area (Å²) >= 11 is 14.0. The van der Waals surface area contributed by atoms with Crippen molar-refractivity contribution in [1.29, 1.82) is 0 Å². The summed E-state index contributed by atoms with van der Waals surface area (Å²) in [5.74, 6) is 0.476. The van der Waals surface area contributed by atoms with Crippen LogP contribution in [0.15, 0.2) is 40.9 Å². The Labute approximate surface area is 211 Å². The van der Waals surface area contributed by atoms with Gasteiger partial charge in [0.25, 0.3) is 0 Å². The summed E-state index contributed by atoms with van der Waals surface area (Å²) in [6.07, 6.45) is 0. The number of carboxylic acid groups (broad SMARTS) is 1.